The predicted molar refractivity (Wildman–Crippen MR) is 83.8 cm³/mol. The minimum atomic E-state index is 0.137. The lowest BCUT2D eigenvalue weighted by Crippen LogP contribution is -2.07. The van der Waals surface area contributed by atoms with Gasteiger partial charge in [0.2, 0.25) is 0 Å². The van der Waals surface area contributed by atoms with Crippen LogP contribution < -0.4 is 0 Å². The summed E-state index contributed by atoms with van der Waals surface area (Å²) in [5.41, 5.74) is 2.25. The van der Waals surface area contributed by atoms with Gasteiger partial charge in [0.15, 0.2) is 0 Å². The Balaban J connectivity index is 2.04. The van der Waals surface area contributed by atoms with Crippen molar-refractivity contribution in [2.45, 2.75) is 45.4 Å². The highest BCUT2D eigenvalue weighted by atomic mass is 16.1. The van der Waals surface area contributed by atoms with Crippen molar-refractivity contribution in [1.82, 2.24) is 4.98 Å². The number of aromatic nitrogens is 1. The van der Waals surface area contributed by atoms with Crippen LogP contribution in [0.25, 0.3) is 10.9 Å². The summed E-state index contributed by atoms with van der Waals surface area (Å²) >= 11 is 0. The van der Waals surface area contributed by atoms with E-state index in [4.69, 9.17) is 0 Å². The molecule has 2 aromatic rings. The molecule has 2 nitrogen and oxygen atoms in total. The van der Waals surface area contributed by atoms with Gasteiger partial charge in [-0.1, -0.05) is 50.8 Å². The molecular formula is C18H23NO. The zero-order chi connectivity index (χ0) is 14.2. The molecule has 0 aliphatic carbocycles. The van der Waals surface area contributed by atoms with Crippen LogP contribution in [0.15, 0.2) is 36.5 Å². The normalized spacial score (nSPS) is 12.4. The van der Waals surface area contributed by atoms with E-state index in [1.807, 2.05) is 30.5 Å². The van der Waals surface area contributed by atoms with E-state index < -0.39 is 0 Å². The molecule has 1 aromatic carbocycles. The Morgan fingerprint density at radius 1 is 1.15 bits per heavy atom. The molecule has 0 aliphatic heterocycles. The highest BCUT2D eigenvalue weighted by molar-refractivity contribution is 5.82. The van der Waals surface area contributed by atoms with Crippen molar-refractivity contribution in [3.8, 4) is 0 Å². The van der Waals surface area contributed by atoms with Crippen molar-refractivity contribution in [1.29, 1.82) is 0 Å². The first-order chi connectivity index (χ1) is 9.85. The molecule has 20 heavy (non-hydrogen) atoms. The van der Waals surface area contributed by atoms with Crippen molar-refractivity contribution < 1.29 is 4.79 Å². The number of para-hydroxylation sites is 1. The Labute approximate surface area is 121 Å². The van der Waals surface area contributed by atoms with Crippen molar-refractivity contribution in [3.05, 3.63) is 42.1 Å². The third-order valence-electron chi connectivity index (χ3n) is 3.84. The van der Waals surface area contributed by atoms with Crippen LogP contribution in [0.4, 0.5) is 0 Å². The minimum absolute atomic E-state index is 0.137. The van der Waals surface area contributed by atoms with Crippen LogP contribution in [0, 0.1) is 5.92 Å². The monoisotopic (exact) mass is 269 g/mol. The number of aldehydes is 1. The van der Waals surface area contributed by atoms with Gasteiger partial charge in [0.25, 0.3) is 0 Å². The lowest BCUT2D eigenvalue weighted by Gasteiger charge is -2.12. The van der Waals surface area contributed by atoms with Crippen LogP contribution in [0.3, 0.4) is 0 Å². The van der Waals surface area contributed by atoms with Crippen LogP contribution in [-0.4, -0.2) is 11.3 Å². The van der Waals surface area contributed by atoms with Crippen LogP contribution in [0.5, 0.6) is 0 Å². The smallest absolute Gasteiger partial charge is 0.123 e. The van der Waals surface area contributed by atoms with Gasteiger partial charge in [0.1, 0.15) is 6.29 Å². The first-order valence-corrected chi connectivity index (χ1v) is 7.63. The van der Waals surface area contributed by atoms with Crippen LogP contribution in [-0.2, 0) is 11.2 Å². The second-order valence-corrected chi connectivity index (χ2v) is 5.44. The summed E-state index contributed by atoms with van der Waals surface area (Å²) < 4.78 is 0. The summed E-state index contributed by atoms with van der Waals surface area (Å²) in [6.45, 7) is 2.21. The van der Waals surface area contributed by atoms with Crippen molar-refractivity contribution in [2.24, 2.45) is 5.92 Å². The minimum Gasteiger partial charge on any atom is -0.303 e. The number of unbranched alkanes of at least 4 members (excludes halogenated alkanes) is 3. The molecule has 0 spiro atoms. The Bertz CT molecular complexity index is 545. The molecule has 106 valence electrons. The summed E-state index contributed by atoms with van der Waals surface area (Å²) in [5, 5.41) is 1.18. The van der Waals surface area contributed by atoms with E-state index in [-0.39, 0.29) is 5.92 Å². The van der Waals surface area contributed by atoms with Gasteiger partial charge in [-0.3, -0.25) is 4.98 Å². The van der Waals surface area contributed by atoms with E-state index in [2.05, 4.69) is 18.0 Å². The highest BCUT2D eigenvalue weighted by Crippen LogP contribution is 2.21. The van der Waals surface area contributed by atoms with Crippen molar-refractivity contribution in [2.75, 3.05) is 0 Å². The summed E-state index contributed by atoms with van der Waals surface area (Å²) in [6.07, 6.45) is 9.69. The second kappa shape index (κ2) is 7.78. The maximum Gasteiger partial charge on any atom is 0.123 e. The molecule has 0 aliphatic rings. The van der Waals surface area contributed by atoms with Crippen LogP contribution in [0.1, 0.15) is 44.6 Å². The van der Waals surface area contributed by atoms with Gasteiger partial charge in [0, 0.05) is 17.5 Å². The standard InChI is InChI=1S/C18H23NO/c1-2-3-4-5-8-15(14-20)13-16-11-12-19-18-10-7-6-9-17(16)18/h6-7,9-12,14-15H,2-5,8,13H2,1H3/t15-/m0/s1. The Hall–Kier alpha value is -1.70. The lowest BCUT2D eigenvalue weighted by molar-refractivity contribution is -0.111. The number of nitrogens with zero attached hydrogens (tertiary/aromatic N) is 1. The molecule has 0 unspecified atom stereocenters. The Morgan fingerprint density at radius 2 is 2.00 bits per heavy atom. The van der Waals surface area contributed by atoms with E-state index in [9.17, 15) is 4.79 Å². The molecule has 2 rings (SSSR count). The molecule has 0 saturated heterocycles. The molecular weight excluding hydrogens is 246 g/mol. The molecule has 0 N–H and O–H groups in total. The maximum atomic E-state index is 11.3. The summed E-state index contributed by atoms with van der Waals surface area (Å²) in [7, 11) is 0. The van der Waals surface area contributed by atoms with Crippen molar-refractivity contribution in [3.63, 3.8) is 0 Å². The fourth-order valence-corrected chi connectivity index (χ4v) is 2.67. The summed E-state index contributed by atoms with van der Waals surface area (Å²) in [6, 6.07) is 10.2. The summed E-state index contributed by atoms with van der Waals surface area (Å²) in [5.74, 6) is 0.137. The number of hydrogen-bond donors (Lipinski definition) is 0. The van der Waals surface area contributed by atoms with Gasteiger partial charge in [0.05, 0.1) is 5.52 Å². The van der Waals surface area contributed by atoms with Gasteiger partial charge in [-0.25, -0.2) is 0 Å². The van der Waals surface area contributed by atoms with E-state index in [0.29, 0.717) is 0 Å². The zero-order valence-electron chi connectivity index (χ0n) is 12.2. The maximum absolute atomic E-state index is 11.3. The average Bonchev–Trinajstić information content (AvgIpc) is 2.50. The molecule has 0 bridgehead atoms. The van der Waals surface area contributed by atoms with Gasteiger partial charge < -0.3 is 4.79 Å². The van der Waals surface area contributed by atoms with Crippen molar-refractivity contribution >= 4 is 17.2 Å². The first kappa shape index (κ1) is 14.7. The SMILES string of the molecule is CCCCCC[C@H](C=O)Cc1ccnc2ccccc12. The lowest BCUT2D eigenvalue weighted by atomic mass is 9.93. The molecule has 0 fully saturated rings. The number of carbonyl (C=O) groups excluding carboxylic acids is 1. The molecule has 1 atom stereocenters. The quantitative estimate of drug-likeness (QED) is 0.519. The number of pyridine rings is 1. The first-order valence-electron chi connectivity index (χ1n) is 7.63. The number of carbonyl (C=O) groups is 1. The summed E-state index contributed by atoms with van der Waals surface area (Å²) in [4.78, 5) is 15.7. The molecule has 0 amide bonds. The van der Waals surface area contributed by atoms with Gasteiger partial charge >= 0.3 is 0 Å². The second-order valence-electron chi connectivity index (χ2n) is 5.44. The van der Waals surface area contributed by atoms with Gasteiger partial charge in [-0.2, -0.15) is 0 Å². The van der Waals surface area contributed by atoms with E-state index in [1.54, 1.807) is 0 Å². The fraction of sp³-hybridized carbons (Fsp3) is 0.444. The van der Waals surface area contributed by atoms with Crippen LogP contribution in [0.2, 0.25) is 0 Å². The third kappa shape index (κ3) is 3.89. The molecule has 2 heteroatoms. The molecule has 0 saturated carbocycles. The Morgan fingerprint density at radius 3 is 2.80 bits per heavy atom. The topological polar surface area (TPSA) is 30.0 Å². The zero-order valence-corrected chi connectivity index (χ0v) is 12.2. The number of fused-ring (bicyclic) bond motifs is 1. The van der Waals surface area contributed by atoms with Gasteiger partial charge in [-0.15, -0.1) is 0 Å². The van der Waals surface area contributed by atoms with Gasteiger partial charge in [-0.05, 0) is 30.5 Å². The van der Waals surface area contributed by atoms with E-state index in [1.165, 1.54) is 30.2 Å². The average molecular weight is 269 g/mol. The molecule has 1 heterocycles. The van der Waals surface area contributed by atoms with Crippen LogP contribution >= 0.6 is 0 Å². The fourth-order valence-electron chi connectivity index (χ4n) is 2.67. The van der Waals surface area contributed by atoms with E-state index >= 15 is 0 Å². The molecule has 1 aromatic heterocycles. The predicted octanol–water partition coefficient (Wildman–Crippen LogP) is 4.56. The third-order valence-corrected chi connectivity index (χ3v) is 3.84. The number of hydrogen-bond acceptors (Lipinski definition) is 2. The highest BCUT2D eigenvalue weighted by Gasteiger charge is 2.10. The number of rotatable bonds is 8. The number of benzene rings is 1. The molecule has 0 radical (unpaired) electrons. The largest absolute Gasteiger partial charge is 0.303 e. The van der Waals surface area contributed by atoms with E-state index in [0.717, 1.165) is 31.1 Å². The Kier molecular flexibility index (Phi) is 5.72.